The number of amides is 1. The van der Waals surface area contributed by atoms with Gasteiger partial charge in [0.1, 0.15) is 17.3 Å². The van der Waals surface area contributed by atoms with Crippen molar-refractivity contribution in [2.75, 3.05) is 18.4 Å². The number of carbonyl (C=O) groups excluding carboxylic acids is 1. The van der Waals surface area contributed by atoms with E-state index in [0.29, 0.717) is 12.8 Å². The summed E-state index contributed by atoms with van der Waals surface area (Å²) in [4.78, 5) is 12.7. The summed E-state index contributed by atoms with van der Waals surface area (Å²) in [7, 11) is -3.98. The lowest BCUT2D eigenvalue weighted by molar-refractivity contribution is -0.120. The van der Waals surface area contributed by atoms with Crippen molar-refractivity contribution in [2.24, 2.45) is 5.92 Å². The summed E-state index contributed by atoms with van der Waals surface area (Å²) in [6.07, 6.45) is 4.20. The third-order valence-corrected chi connectivity index (χ3v) is 8.29. The van der Waals surface area contributed by atoms with Gasteiger partial charge < -0.3 is 9.84 Å². The van der Waals surface area contributed by atoms with Crippen molar-refractivity contribution in [3.8, 4) is 0 Å². The van der Waals surface area contributed by atoms with Crippen molar-refractivity contribution in [1.29, 1.82) is 0 Å². The summed E-state index contributed by atoms with van der Waals surface area (Å²) in [5.41, 5.74) is 2.09. The fourth-order valence-electron chi connectivity index (χ4n) is 4.20. The van der Waals surface area contributed by atoms with Crippen LogP contribution >= 0.6 is 0 Å². The third-order valence-electron chi connectivity index (χ3n) is 6.24. The van der Waals surface area contributed by atoms with Crippen molar-refractivity contribution in [1.82, 2.24) is 9.46 Å². The molecule has 1 amide bonds. The van der Waals surface area contributed by atoms with Crippen molar-refractivity contribution in [3.05, 3.63) is 76.7 Å². The number of anilines is 1. The second kappa shape index (κ2) is 10.7. The van der Waals surface area contributed by atoms with Crippen LogP contribution < -0.4 is 5.32 Å². The Bertz CT molecular complexity index is 1390. The van der Waals surface area contributed by atoms with E-state index in [4.69, 9.17) is 4.52 Å². The Morgan fingerprint density at radius 1 is 1.17 bits per heavy atom. The van der Waals surface area contributed by atoms with Crippen LogP contribution in [-0.2, 0) is 21.2 Å². The number of hydrogen-bond acceptors (Lipinski definition) is 5. The standard InChI is InChI=1S/C26H27F2N3O4S/c1-3-18-5-4-6-22(15-18)29-26(32)20-11-13-31(14-12-20)36(33,34)25-17(2)30-35-24(25)10-8-19-7-9-21(27)16-23(19)28/h4-10,15-16,20H,3,11-14H2,1-2H3,(H,29,32)/b10-8+. The van der Waals surface area contributed by atoms with Gasteiger partial charge in [-0.25, -0.2) is 17.2 Å². The average molecular weight is 516 g/mol. The van der Waals surface area contributed by atoms with Crippen LogP contribution in [0.4, 0.5) is 14.5 Å². The maximum atomic E-state index is 14.0. The quantitative estimate of drug-likeness (QED) is 0.476. The first-order valence-electron chi connectivity index (χ1n) is 11.7. The van der Waals surface area contributed by atoms with E-state index in [0.717, 1.165) is 29.8 Å². The zero-order valence-corrected chi connectivity index (χ0v) is 20.8. The largest absolute Gasteiger partial charge is 0.355 e. The second-order valence-corrected chi connectivity index (χ2v) is 10.6. The van der Waals surface area contributed by atoms with E-state index in [1.54, 1.807) is 0 Å². The Labute approximate surface area is 208 Å². The van der Waals surface area contributed by atoms with Crippen LogP contribution in [0.5, 0.6) is 0 Å². The monoisotopic (exact) mass is 515 g/mol. The van der Waals surface area contributed by atoms with Gasteiger partial charge in [0.25, 0.3) is 0 Å². The van der Waals surface area contributed by atoms with Gasteiger partial charge in [-0.15, -0.1) is 0 Å². The first kappa shape index (κ1) is 25.7. The molecule has 0 aliphatic carbocycles. The minimum absolute atomic E-state index is 0.0492. The van der Waals surface area contributed by atoms with E-state index in [1.807, 2.05) is 31.2 Å². The number of carbonyl (C=O) groups is 1. The number of hydrogen-bond donors (Lipinski definition) is 1. The van der Waals surface area contributed by atoms with E-state index in [2.05, 4.69) is 10.5 Å². The Morgan fingerprint density at radius 3 is 2.61 bits per heavy atom. The van der Waals surface area contributed by atoms with Gasteiger partial charge in [0, 0.05) is 36.3 Å². The second-order valence-electron chi connectivity index (χ2n) is 8.68. The predicted molar refractivity (Wildman–Crippen MR) is 132 cm³/mol. The highest BCUT2D eigenvalue weighted by molar-refractivity contribution is 7.89. The molecule has 7 nitrogen and oxygen atoms in total. The molecule has 2 heterocycles. The minimum Gasteiger partial charge on any atom is -0.355 e. The van der Waals surface area contributed by atoms with E-state index in [9.17, 15) is 22.0 Å². The van der Waals surface area contributed by atoms with Crippen molar-refractivity contribution in [3.63, 3.8) is 0 Å². The van der Waals surface area contributed by atoms with Gasteiger partial charge in [0.2, 0.25) is 15.9 Å². The zero-order chi connectivity index (χ0) is 25.9. The molecule has 1 aliphatic heterocycles. The molecule has 4 rings (SSSR count). The number of halogens is 2. The van der Waals surface area contributed by atoms with Crippen LogP contribution in [0.25, 0.3) is 12.2 Å². The van der Waals surface area contributed by atoms with Gasteiger partial charge in [-0.05, 0) is 68.2 Å². The maximum absolute atomic E-state index is 14.0. The first-order chi connectivity index (χ1) is 17.2. The summed E-state index contributed by atoms with van der Waals surface area (Å²) >= 11 is 0. The smallest absolute Gasteiger partial charge is 0.248 e. The molecule has 0 bridgehead atoms. The number of aromatic nitrogens is 1. The molecule has 36 heavy (non-hydrogen) atoms. The third kappa shape index (κ3) is 5.55. The molecule has 1 saturated heterocycles. The van der Waals surface area contributed by atoms with Crippen LogP contribution in [0.2, 0.25) is 0 Å². The number of sulfonamides is 1. The lowest BCUT2D eigenvalue weighted by Crippen LogP contribution is -2.41. The lowest BCUT2D eigenvalue weighted by atomic mass is 9.97. The number of nitrogens with zero attached hydrogens (tertiary/aromatic N) is 2. The Hall–Kier alpha value is -3.37. The number of nitrogens with one attached hydrogen (secondary N) is 1. The van der Waals surface area contributed by atoms with E-state index in [1.165, 1.54) is 29.4 Å². The van der Waals surface area contributed by atoms with E-state index < -0.39 is 21.7 Å². The van der Waals surface area contributed by atoms with Gasteiger partial charge in [0.15, 0.2) is 10.7 Å². The fraction of sp³-hybridized carbons (Fsp3) is 0.308. The summed E-state index contributed by atoms with van der Waals surface area (Å²) < 4.78 is 60.5. The van der Waals surface area contributed by atoms with Crippen LogP contribution in [0.1, 0.15) is 42.3 Å². The lowest BCUT2D eigenvalue weighted by Gasteiger charge is -2.30. The van der Waals surface area contributed by atoms with Crippen LogP contribution in [0, 0.1) is 24.5 Å². The molecule has 0 radical (unpaired) electrons. The molecule has 0 unspecified atom stereocenters. The molecule has 1 fully saturated rings. The Morgan fingerprint density at radius 2 is 1.92 bits per heavy atom. The first-order valence-corrected chi connectivity index (χ1v) is 13.1. The van der Waals surface area contributed by atoms with Gasteiger partial charge >= 0.3 is 0 Å². The van der Waals surface area contributed by atoms with E-state index >= 15 is 0 Å². The van der Waals surface area contributed by atoms with Crippen LogP contribution in [-0.4, -0.2) is 36.9 Å². The van der Waals surface area contributed by atoms with Gasteiger partial charge in [0.05, 0.1) is 0 Å². The summed E-state index contributed by atoms with van der Waals surface area (Å²) in [5.74, 6) is -1.99. The predicted octanol–water partition coefficient (Wildman–Crippen LogP) is 5.03. The molecule has 2 aromatic carbocycles. The molecule has 1 N–H and O–H groups in total. The van der Waals surface area contributed by atoms with Gasteiger partial charge in [-0.1, -0.05) is 24.2 Å². The number of benzene rings is 2. The normalized spacial score (nSPS) is 15.4. The zero-order valence-electron chi connectivity index (χ0n) is 20.0. The SMILES string of the molecule is CCc1cccc(NC(=O)C2CCN(S(=O)(=O)c3c(C)noc3/C=C/c3ccc(F)cc3F)CC2)c1. The molecule has 1 aromatic heterocycles. The van der Waals surface area contributed by atoms with Crippen molar-refractivity contribution in [2.45, 2.75) is 38.0 Å². The molecular formula is C26H27F2N3O4S. The molecule has 10 heteroatoms. The summed E-state index contributed by atoms with van der Waals surface area (Å²) in [5, 5.41) is 6.71. The van der Waals surface area contributed by atoms with Crippen molar-refractivity contribution >= 4 is 33.8 Å². The van der Waals surface area contributed by atoms with Gasteiger partial charge in [-0.2, -0.15) is 4.31 Å². The Balaban J connectivity index is 1.45. The molecule has 0 spiro atoms. The average Bonchev–Trinajstić information content (AvgIpc) is 3.24. The summed E-state index contributed by atoms with van der Waals surface area (Å²) in [6.45, 7) is 3.87. The summed E-state index contributed by atoms with van der Waals surface area (Å²) in [6, 6.07) is 10.7. The highest BCUT2D eigenvalue weighted by atomic mass is 32.2. The molecule has 0 saturated carbocycles. The number of piperidine rings is 1. The maximum Gasteiger partial charge on any atom is 0.248 e. The Kier molecular flexibility index (Phi) is 7.65. The molecular weight excluding hydrogens is 488 g/mol. The van der Waals surface area contributed by atoms with E-state index in [-0.39, 0.29) is 46.8 Å². The fourth-order valence-corrected chi connectivity index (χ4v) is 5.92. The molecule has 3 aromatic rings. The molecule has 0 atom stereocenters. The highest BCUT2D eigenvalue weighted by Gasteiger charge is 2.36. The van der Waals surface area contributed by atoms with Gasteiger partial charge in [-0.3, -0.25) is 4.79 Å². The minimum atomic E-state index is -3.98. The van der Waals surface area contributed by atoms with Crippen molar-refractivity contribution < 1.29 is 26.5 Å². The van der Waals surface area contributed by atoms with Crippen LogP contribution in [0.3, 0.4) is 0 Å². The number of aryl methyl sites for hydroxylation is 2. The molecule has 190 valence electrons. The molecule has 1 aliphatic rings. The highest BCUT2D eigenvalue weighted by Crippen LogP contribution is 2.30. The number of rotatable bonds is 7. The van der Waals surface area contributed by atoms with Crippen LogP contribution in [0.15, 0.2) is 51.9 Å². The topological polar surface area (TPSA) is 92.5 Å².